The minimum absolute atomic E-state index is 0. The second kappa shape index (κ2) is 7.66. The van der Waals surface area contributed by atoms with E-state index in [-0.39, 0.29) is 18.5 Å². The Balaban J connectivity index is 0.00000161. The number of para-hydroxylation sites is 1. The van der Waals surface area contributed by atoms with Crippen LogP contribution in [0.5, 0.6) is 0 Å². The smallest absolute Gasteiger partial charge is 0.414 e. The number of halogens is 1. The second-order valence-electron chi connectivity index (χ2n) is 5.58. The van der Waals surface area contributed by atoms with Gasteiger partial charge in [-0.25, -0.2) is 4.79 Å². The molecule has 116 valence electrons. The summed E-state index contributed by atoms with van der Waals surface area (Å²) in [6.45, 7) is 2.34. The van der Waals surface area contributed by atoms with Crippen LogP contribution in [0.1, 0.15) is 31.2 Å². The van der Waals surface area contributed by atoms with Gasteiger partial charge < -0.3 is 10.1 Å². The predicted octanol–water partition coefficient (Wildman–Crippen LogP) is 3.14. The SMILES string of the molecule is Cl.O=C(OCCC1CCCCN1)N1CCc2ccccc21. The quantitative estimate of drug-likeness (QED) is 0.932. The highest BCUT2D eigenvalue weighted by Crippen LogP contribution is 2.27. The molecule has 2 aliphatic heterocycles. The molecule has 2 heterocycles. The minimum Gasteiger partial charge on any atom is -0.449 e. The second-order valence-corrected chi connectivity index (χ2v) is 5.58. The molecule has 1 saturated heterocycles. The lowest BCUT2D eigenvalue weighted by molar-refractivity contribution is 0.146. The first-order valence-corrected chi connectivity index (χ1v) is 7.60. The van der Waals surface area contributed by atoms with E-state index in [9.17, 15) is 4.79 Å². The maximum atomic E-state index is 12.1. The van der Waals surface area contributed by atoms with Crippen LogP contribution in [-0.4, -0.2) is 31.8 Å². The monoisotopic (exact) mass is 310 g/mol. The Morgan fingerprint density at radius 2 is 2.19 bits per heavy atom. The van der Waals surface area contributed by atoms with Gasteiger partial charge in [0, 0.05) is 12.6 Å². The summed E-state index contributed by atoms with van der Waals surface area (Å²) in [5.74, 6) is 0. The van der Waals surface area contributed by atoms with Gasteiger partial charge in [0.1, 0.15) is 0 Å². The highest BCUT2D eigenvalue weighted by Gasteiger charge is 2.25. The van der Waals surface area contributed by atoms with E-state index < -0.39 is 0 Å². The van der Waals surface area contributed by atoms with E-state index in [0.717, 1.165) is 31.6 Å². The Morgan fingerprint density at radius 1 is 1.33 bits per heavy atom. The summed E-state index contributed by atoms with van der Waals surface area (Å²) in [4.78, 5) is 13.9. The Labute approximate surface area is 132 Å². The summed E-state index contributed by atoms with van der Waals surface area (Å²) in [5.41, 5.74) is 2.24. The summed E-state index contributed by atoms with van der Waals surface area (Å²) < 4.78 is 5.43. The average Bonchev–Trinajstić information content (AvgIpc) is 2.92. The predicted molar refractivity (Wildman–Crippen MR) is 86.3 cm³/mol. The number of anilines is 1. The van der Waals surface area contributed by atoms with E-state index in [4.69, 9.17) is 4.74 Å². The van der Waals surface area contributed by atoms with Crippen LogP contribution < -0.4 is 10.2 Å². The molecule has 0 aromatic heterocycles. The van der Waals surface area contributed by atoms with Gasteiger partial charge in [0.2, 0.25) is 0 Å². The van der Waals surface area contributed by atoms with Gasteiger partial charge >= 0.3 is 6.09 Å². The Kier molecular flexibility index (Phi) is 5.88. The zero-order valence-corrected chi connectivity index (χ0v) is 13.0. The molecule has 21 heavy (non-hydrogen) atoms. The fraction of sp³-hybridized carbons (Fsp3) is 0.562. The summed E-state index contributed by atoms with van der Waals surface area (Å²) in [6.07, 6.45) is 5.39. The van der Waals surface area contributed by atoms with Gasteiger partial charge in [-0.1, -0.05) is 24.6 Å². The molecule has 0 bridgehead atoms. The fourth-order valence-corrected chi connectivity index (χ4v) is 3.06. The van der Waals surface area contributed by atoms with Gasteiger partial charge in [0.15, 0.2) is 0 Å². The number of rotatable bonds is 3. The van der Waals surface area contributed by atoms with Crippen molar-refractivity contribution in [2.75, 3.05) is 24.6 Å². The number of hydrogen-bond acceptors (Lipinski definition) is 3. The van der Waals surface area contributed by atoms with Gasteiger partial charge in [-0.3, -0.25) is 4.90 Å². The molecule has 3 rings (SSSR count). The van der Waals surface area contributed by atoms with E-state index in [2.05, 4.69) is 11.4 Å². The first kappa shape index (κ1) is 16.1. The van der Waals surface area contributed by atoms with Crippen LogP contribution in [-0.2, 0) is 11.2 Å². The molecule has 1 aromatic carbocycles. The summed E-state index contributed by atoms with van der Waals surface area (Å²) >= 11 is 0. The van der Waals surface area contributed by atoms with E-state index >= 15 is 0 Å². The molecule has 2 aliphatic rings. The van der Waals surface area contributed by atoms with Crippen LogP contribution in [0.3, 0.4) is 0 Å². The van der Waals surface area contributed by atoms with Gasteiger partial charge in [-0.2, -0.15) is 0 Å². The van der Waals surface area contributed by atoms with Crippen LogP contribution >= 0.6 is 12.4 Å². The van der Waals surface area contributed by atoms with E-state index in [1.165, 1.54) is 24.8 Å². The molecule has 1 atom stereocenters. The standard InChI is InChI=1S/C16H22N2O2.ClH/c19-16(20-12-9-14-6-3-4-10-17-14)18-11-8-13-5-1-2-7-15(13)18;/h1-2,5,7,14,17H,3-4,6,8-12H2;1H. The number of ether oxygens (including phenoxy) is 1. The maximum Gasteiger partial charge on any atom is 0.414 e. The summed E-state index contributed by atoms with van der Waals surface area (Å²) in [5, 5.41) is 3.47. The van der Waals surface area contributed by atoms with Crippen molar-refractivity contribution in [3.63, 3.8) is 0 Å². The lowest BCUT2D eigenvalue weighted by Gasteiger charge is -2.24. The number of amides is 1. The third-order valence-corrected chi connectivity index (χ3v) is 4.21. The number of piperidine rings is 1. The van der Waals surface area contributed by atoms with Crippen molar-refractivity contribution in [3.05, 3.63) is 29.8 Å². The number of carbonyl (C=O) groups is 1. The van der Waals surface area contributed by atoms with Gasteiger partial charge in [-0.05, 0) is 43.9 Å². The van der Waals surface area contributed by atoms with Crippen molar-refractivity contribution < 1.29 is 9.53 Å². The molecule has 1 amide bonds. The Hall–Kier alpha value is -1.26. The van der Waals surface area contributed by atoms with Gasteiger partial charge in [0.25, 0.3) is 0 Å². The van der Waals surface area contributed by atoms with E-state index in [0.29, 0.717) is 12.6 Å². The van der Waals surface area contributed by atoms with Crippen molar-refractivity contribution in [1.29, 1.82) is 0 Å². The molecule has 0 radical (unpaired) electrons. The van der Waals surface area contributed by atoms with Crippen LogP contribution in [0.15, 0.2) is 24.3 Å². The molecule has 1 fully saturated rings. The van der Waals surface area contributed by atoms with Crippen molar-refractivity contribution in [3.8, 4) is 0 Å². The van der Waals surface area contributed by atoms with Crippen LogP contribution in [0, 0.1) is 0 Å². The normalized spacial score (nSPS) is 20.6. The molecule has 1 N–H and O–H groups in total. The van der Waals surface area contributed by atoms with Crippen LogP contribution in [0.25, 0.3) is 0 Å². The van der Waals surface area contributed by atoms with Crippen molar-refractivity contribution in [2.45, 2.75) is 38.1 Å². The van der Waals surface area contributed by atoms with Crippen molar-refractivity contribution in [2.24, 2.45) is 0 Å². The van der Waals surface area contributed by atoms with E-state index in [1.54, 1.807) is 4.90 Å². The number of benzene rings is 1. The highest BCUT2D eigenvalue weighted by molar-refractivity contribution is 5.90. The van der Waals surface area contributed by atoms with E-state index in [1.807, 2.05) is 18.2 Å². The first-order chi connectivity index (χ1) is 9.84. The molecule has 4 nitrogen and oxygen atoms in total. The first-order valence-electron chi connectivity index (χ1n) is 7.60. The molecule has 5 heteroatoms. The van der Waals surface area contributed by atoms with Crippen molar-refractivity contribution >= 4 is 24.2 Å². The number of hydrogen-bond donors (Lipinski definition) is 1. The largest absolute Gasteiger partial charge is 0.449 e. The lowest BCUT2D eigenvalue weighted by atomic mass is 10.0. The number of carbonyl (C=O) groups excluding carboxylic acids is 1. The molecular formula is C16H23ClN2O2. The molecule has 0 spiro atoms. The minimum atomic E-state index is -0.203. The molecule has 0 saturated carbocycles. The lowest BCUT2D eigenvalue weighted by Crippen LogP contribution is -2.36. The molecular weight excluding hydrogens is 288 g/mol. The number of fused-ring (bicyclic) bond motifs is 1. The fourth-order valence-electron chi connectivity index (χ4n) is 3.06. The zero-order valence-electron chi connectivity index (χ0n) is 12.2. The average molecular weight is 311 g/mol. The summed E-state index contributed by atoms with van der Waals surface area (Å²) in [6, 6.07) is 8.57. The number of nitrogens with zero attached hydrogens (tertiary/aromatic N) is 1. The van der Waals surface area contributed by atoms with Gasteiger partial charge in [0.05, 0.1) is 12.3 Å². The number of nitrogens with one attached hydrogen (secondary N) is 1. The van der Waals surface area contributed by atoms with Crippen LogP contribution in [0.2, 0.25) is 0 Å². The Bertz CT molecular complexity index is 475. The maximum absolute atomic E-state index is 12.1. The van der Waals surface area contributed by atoms with Crippen LogP contribution in [0.4, 0.5) is 10.5 Å². The molecule has 0 aliphatic carbocycles. The van der Waals surface area contributed by atoms with Gasteiger partial charge in [-0.15, -0.1) is 12.4 Å². The highest BCUT2D eigenvalue weighted by atomic mass is 35.5. The third-order valence-electron chi connectivity index (χ3n) is 4.21. The van der Waals surface area contributed by atoms with Crippen molar-refractivity contribution in [1.82, 2.24) is 5.32 Å². The third kappa shape index (κ3) is 3.89. The summed E-state index contributed by atoms with van der Waals surface area (Å²) in [7, 11) is 0. The Morgan fingerprint density at radius 3 is 3.00 bits per heavy atom. The zero-order chi connectivity index (χ0) is 13.8. The topological polar surface area (TPSA) is 41.6 Å². The molecule has 1 aromatic rings. The molecule has 1 unspecified atom stereocenters.